The van der Waals surface area contributed by atoms with Gasteiger partial charge in [-0.05, 0) is 35.2 Å². The zero-order valence-electron chi connectivity index (χ0n) is 15.3. The van der Waals surface area contributed by atoms with Crippen LogP contribution in [0.15, 0.2) is 65.6 Å². The number of aromatic amines is 1. The molecule has 0 spiro atoms. The summed E-state index contributed by atoms with van der Waals surface area (Å²) < 4.78 is 1.54. The van der Waals surface area contributed by atoms with E-state index in [1.54, 1.807) is 37.4 Å². The molecule has 5 nitrogen and oxygen atoms in total. The molecule has 28 heavy (non-hydrogen) atoms. The van der Waals surface area contributed by atoms with E-state index in [1.807, 2.05) is 30.3 Å². The summed E-state index contributed by atoms with van der Waals surface area (Å²) in [7, 11) is 0. The number of aromatic nitrogens is 3. The molecule has 0 amide bonds. The van der Waals surface area contributed by atoms with Gasteiger partial charge in [-0.3, -0.25) is 19.3 Å². The Labute approximate surface area is 166 Å². The van der Waals surface area contributed by atoms with Crippen LogP contribution in [0.4, 0.5) is 0 Å². The van der Waals surface area contributed by atoms with Crippen LogP contribution in [-0.4, -0.2) is 20.5 Å². The van der Waals surface area contributed by atoms with Gasteiger partial charge in [0.1, 0.15) is 0 Å². The van der Waals surface area contributed by atoms with Crippen molar-refractivity contribution < 1.29 is 4.79 Å². The fourth-order valence-corrected chi connectivity index (χ4v) is 3.64. The van der Waals surface area contributed by atoms with Gasteiger partial charge in [-0.1, -0.05) is 48.9 Å². The molecule has 0 aliphatic heterocycles. The summed E-state index contributed by atoms with van der Waals surface area (Å²) in [5, 5.41) is 8.55. The Hall–Kier alpha value is -3.18. The summed E-state index contributed by atoms with van der Waals surface area (Å²) in [6, 6.07) is 16.6. The molecule has 6 heteroatoms. The second kappa shape index (κ2) is 7.44. The first kappa shape index (κ1) is 18.2. The van der Waals surface area contributed by atoms with E-state index in [4.69, 9.17) is 11.6 Å². The Morgan fingerprint density at radius 3 is 2.57 bits per heavy atom. The van der Waals surface area contributed by atoms with Crippen molar-refractivity contribution in [3.05, 3.63) is 87.6 Å². The van der Waals surface area contributed by atoms with E-state index < -0.39 is 0 Å². The minimum absolute atomic E-state index is 0.0997. The Balaban J connectivity index is 2.16. The van der Waals surface area contributed by atoms with Crippen molar-refractivity contribution in [2.75, 3.05) is 0 Å². The second-order valence-corrected chi connectivity index (χ2v) is 6.97. The van der Waals surface area contributed by atoms with E-state index in [0.29, 0.717) is 21.5 Å². The van der Waals surface area contributed by atoms with Crippen molar-refractivity contribution in [3.8, 4) is 11.1 Å². The third kappa shape index (κ3) is 3.14. The minimum atomic E-state index is -0.224. The first-order chi connectivity index (χ1) is 13.6. The van der Waals surface area contributed by atoms with E-state index in [0.717, 1.165) is 16.8 Å². The van der Waals surface area contributed by atoms with Crippen LogP contribution in [0.1, 0.15) is 29.5 Å². The maximum absolute atomic E-state index is 13.3. The summed E-state index contributed by atoms with van der Waals surface area (Å²) >= 11 is 6.24. The zero-order valence-corrected chi connectivity index (χ0v) is 16.0. The molecule has 140 valence electrons. The number of Topliss-reactive ketones (excluding diaryl/α,β-unsaturated/α-hetero) is 1. The second-order valence-electron chi connectivity index (χ2n) is 6.53. The smallest absolute Gasteiger partial charge is 0.259 e. The number of hydrogen-bond acceptors (Lipinski definition) is 3. The molecular formula is C22H18ClN3O2. The van der Waals surface area contributed by atoms with Crippen molar-refractivity contribution in [2.24, 2.45) is 0 Å². The molecule has 0 aliphatic carbocycles. The largest absolute Gasteiger partial charge is 0.298 e. The first-order valence-corrected chi connectivity index (χ1v) is 9.41. The summed E-state index contributed by atoms with van der Waals surface area (Å²) in [5.74, 6) is -0.0997. The molecule has 0 saturated carbocycles. The van der Waals surface area contributed by atoms with Gasteiger partial charge in [0.05, 0.1) is 17.9 Å². The van der Waals surface area contributed by atoms with E-state index in [2.05, 4.69) is 10.2 Å². The third-order valence-corrected chi connectivity index (χ3v) is 5.00. The highest BCUT2D eigenvalue weighted by Crippen LogP contribution is 2.33. The maximum Gasteiger partial charge on any atom is 0.259 e. The standard InChI is InChI=1S/C22H18ClN3O2/c1-2-19(27)21-20(14-6-4-3-5-7-14)18-12-15(23)8-9-17(18)22(28)26(21)13-16-10-11-24-25-16/h3-12H,2,13H2,1H3,(H,24,25). The minimum Gasteiger partial charge on any atom is -0.298 e. The molecule has 2 aromatic carbocycles. The average Bonchev–Trinajstić information content (AvgIpc) is 3.23. The fourth-order valence-electron chi connectivity index (χ4n) is 3.47. The molecule has 0 unspecified atom stereocenters. The highest BCUT2D eigenvalue weighted by Gasteiger charge is 2.22. The number of nitrogens with one attached hydrogen (secondary N) is 1. The van der Waals surface area contributed by atoms with E-state index >= 15 is 0 Å². The molecule has 4 aromatic rings. The lowest BCUT2D eigenvalue weighted by Crippen LogP contribution is -2.28. The summed E-state index contributed by atoms with van der Waals surface area (Å²) in [6.07, 6.45) is 1.91. The van der Waals surface area contributed by atoms with Gasteiger partial charge in [0, 0.05) is 28.6 Å². The van der Waals surface area contributed by atoms with Crippen molar-refractivity contribution in [2.45, 2.75) is 19.9 Å². The van der Waals surface area contributed by atoms with Gasteiger partial charge in [0.25, 0.3) is 5.56 Å². The van der Waals surface area contributed by atoms with Crippen molar-refractivity contribution in [3.63, 3.8) is 0 Å². The Kier molecular flexibility index (Phi) is 4.84. The van der Waals surface area contributed by atoms with Crippen LogP contribution in [0.5, 0.6) is 0 Å². The molecule has 0 radical (unpaired) electrons. The highest BCUT2D eigenvalue weighted by atomic mass is 35.5. The van der Waals surface area contributed by atoms with E-state index in [9.17, 15) is 9.59 Å². The predicted molar refractivity (Wildman–Crippen MR) is 111 cm³/mol. The number of H-pyrrole nitrogens is 1. The van der Waals surface area contributed by atoms with Gasteiger partial charge in [0.15, 0.2) is 5.78 Å². The Bertz CT molecular complexity index is 1210. The molecule has 0 atom stereocenters. The predicted octanol–water partition coefficient (Wildman–Crippen LogP) is 4.69. The van der Waals surface area contributed by atoms with Crippen LogP contribution in [0.3, 0.4) is 0 Å². The molecule has 0 bridgehead atoms. The molecule has 0 aliphatic rings. The molecule has 0 saturated heterocycles. The topological polar surface area (TPSA) is 67.8 Å². The molecular weight excluding hydrogens is 374 g/mol. The van der Waals surface area contributed by atoms with Gasteiger partial charge in [-0.15, -0.1) is 0 Å². The van der Waals surface area contributed by atoms with E-state index in [1.165, 1.54) is 4.57 Å². The summed E-state index contributed by atoms with van der Waals surface area (Å²) in [6.45, 7) is 2.03. The Morgan fingerprint density at radius 1 is 1.11 bits per heavy atom. The van der Waals surface area contributed by atoms with Crippen LogP contribution < -0.4 is 5.56 Å². The average molecular weight is 392 g/mol. The lowest BCUT2D eigenvalue weighted by Gasteiger charge is -2.19. The van der Waals surface area contributed by atoms with Crippen LogP contribution in [0.2, 0.25) is 5.02 Å². The van der Waals surface area contributed by atoms with Gasteiger partial charge < -0.3 is 0 Å². The summed E-state index contributed by atoms with van der Waals surface area (Å²) in [4.78, 5) is 26.3. The number of fused-ring (bicyclic) bond motifs is 1. The number of halogens is 1. The number of nitrogens with zero attached hydrogens (tertiary/aromatic N) is 2. The molecule has 4 rings (SSSR count). The van der Waals surface area contributed by atoms with Crippen LogP contribution in [0, 0.1) is 0 Å². The fraction of sp³-hybridized carbons (Fsp3) is 0.136. The Morgan fingerprint density at radius 2 is 1.89 bits per heavy atom. The monoisotopic (exact) mass is 391 g/mol. The van der Waals surface area contributed by atoms with Crippen LogP contribution in [0.25, 0.3) is 21.9 Å². The van der Waals surface area contributed by atoms with E-state index in [-0.39, 0.29) is 24.3 Å². The lowest BCUT2D eigenvalue weighted by molar-refractivity contribution is 0.0979. The van der Waals surface area contributed by atoms with Gasteiger partial charge in [-0.2, -0.15) is 5.10 Å². The number of hydrogen-bond donors (Lipinski definition) is 1. The molecule has 1 N–H and O–H groups in total. The number of ketones is 1. The number of pyridine rings is 1. The SMILES string of the molecule is CCC(=O)c1c(-c2ccccc2)c2cc(Cl)ccc2c(=O)n1Cc1ccn[nH]1. The van der Waals surface area contributed by atoms with Crippen molar-refractivity contribution >= 4 is 28.2 Å². The van der Waals surface area contributed by atoms with Crippen molar-refractivity contribution in [1.82, 2.24) is 14.8 Å². The maximum atomic E-state index is 13.3. The first-order valence-electron chi connectivity index (χ1n) is 9.03. The summed E-state index contributed by atoms with van der Waals surface area (Å²) in [5.41, 5.74) is 2.51. The van der Waals surface area contributed by atoms with Crippen LogP contribution in [-0.2, 0) is 6.54 Å². The molecule has 2 heterocycles. The molecule has 2 aromatic heterocycles. The number of carbonyl (C=O) groups is 1. The van der Waals surface area contributed by atoms with Gasteiger partial charge in [-0.25, -0.2) is 0 Å². The molecule has 0 fully saturated rings. The van der Waals surface area contributed by atoms with Gasteiger partial charge in [0.2, 0.25) is 0 Å². The van der Waals surface area contributed by atoms with Crippen LogP contribution >= 0.6 is 11.6 Å². The van der Waals surface area contributed by atoms with Crippen molar-refractivity contribution in [1.29, 1.82) is 0 Å². The quantitative estimate of drug-likeness (QED) is 0.502. The highest BCUT2D eigenvalue weighted by molar-refractivity contribution is 6.31. The number of benzene rings is 2. The third-order valence-electron chi connectivity index (χ3n) is 4.77. The van der Waals surface area contributed by atoms with Gasteiger partial charge >= 0.3 is 0 Å². The number of rotatable bonds is 5. The zero-order chi connectivity index (χ0) is 19.7. The number of carbonyl (C=O) groups excluding carboxylic acids is 1. The lowest BCUT2D eigenvalue weighted by atomic mass is 9.94. The normalized spacial score (nSPS) is 11.1.